The molecular formula is C13H16N4O2. The average molecular weight is 260 g/mol. The van der Waals surface area contributed by atoms with Gasteiger partial charge in [0.2, 0.25) is 0 Å². The molecule has 0 amide bonds. The molecule has 0 bridgehead atoms. The van der Waals surface area contributed by atoms with Crippen molar-refractivity contribution in [2.24, 2.45) is 0 Å². The Hall–Kier alpha value is -2.18. The Labute approximate surface area is 111 Å². The molecule has 0 saturated carbocycles. The number of aliphatic hydroxyl groups is 2. The second-order valence-corrected chi connectivity index (χ2v) is 4.02. The summed E-state index contributed by atoms with van der Waals surface area (Å²) < 4.78 is 0. The molecule has 6 nitrogen and oxygen atoms in total. The molecule has 0 aliphatic carbocycles. The van der Waals surface area contributed by atoms with Crippen LogP contribution in [0.15, 0.2) is 24.5 Å². The predicted octanol–water partition coefficient (Wildman–Crippen LogP) is 0.752. The summed E-state index contributed by atoms with van der Waals surface area (Å²) in [4.78, 5) is 8.18. The normalized spacial score (nSPS) is 10.5. The van der Waals surface area contributed by atoms with Gasteiger partial charge in [-0.3, -0.25) is 0 Å². The molecule has 2 aromatic heterocycles. The van der Waals surface area contributed by atoms with E-state index in [0.717, 1.165) is 11.1 Å². The lowest BCUT2D eigenvalue weighted by Gasteiger charge is -2.12. The number of aliphatic hydroxyl groups excluding tert-OH is 2. The highest BCUT2D eigenvalue weighted by atomic mass is 16.3. The first-order valence-corrected chi connectivity index (χ1v) is 5.83. The predicted molar refractivity (Wildman–Crippen MR) is 73.3 cm³/mol. The maximum absolute atomic E-state index is 9.39. The topological polar surface area (TPSA) is 104 Å². The lowest BCUT2D eigenvalue weighted by Crippen LogP contribution is -2.02. The zero-order valence-electron chi connectivity index (χ0n) is 10.6. The molecule has 0 saturated heterocycles. The summed E-state index contributed by atoms with van der Waals surface area (Å²) in [5.41, 5.74) is 8.53. The van der Waals surface area contributed by atoms with Crippen LogP contribution in [0.3, 0.4) is 0 Å². The molecule has 0 fully saturated rings. The summed E-state index contributed by atoms with van der Waals surface area (Å²) in [6.45, 7) is -0.316. The largest absolute Gasteiger partial charge is 0.392 e. The van der Waals surface area contributed by atoms with Crippen molar-refractivity contribution < 1.29 is 10.2 Å². The van der Waals surface area contributed by atoms with Crippen LogP contribution in [-0.2, 0) is 13.2 Å². The van der Waals surface area contributed by atoms with Crippen LogP contribution in [0.1, 0.15) is 11.1 Å². The minimum absolute atomic E-state index is 0.119. The van der Waals surface area contributed by atoms with Crippen molar-refractivity contribution in [1.29, 1.82) is 0 Å². The third kappa shape index (κ3) is 2.49. The Morgan fingerprint density at radius 1 is 1.26 bits per heavy atom. The molecule has 5 N–H and O–H groups in total. The van der Waals surface area contributed by atoms with Gasteiger partial charge in [-0.2, -0.15) is 0 Å². The molecule has 0 atom stereocenters. The third-order valence-corrected chi connectivity index (χ3v) is 2.93. The molecule has 0 aliphatic rings. The molecule has 0 radical (unpaired) electrons. The van der Waals surface area contributed by atoms with Crippen LogP contribution in [0.4, 0.5) is 11.6 Å². The maximum Gasteiger partial charge on any atom is 0.131 e. The Morgan fingerprint density at radius 3 is 2.68 bits per heavy atom. The first-order valence-electron chi connectivity index (χ1n) is 5.83. The monoisotopic (exact) mass is 260 g/mol. The first-order chi connectivity index (χ1) is 9.21. The first kappa shape index (κ1) is 13.3. The van der Waals surface area contributed by atoms with E-state index in [4.69, 9.17) is 5.73 Å². The number of rotatable bonds is 4. The summed E-state index contributed by atoms with van der Waals surface area (Å²) in [5, 5.41) is 21.6. The van der Waals surface area contributed by atoms with Gasteiger partial charge in [0.15, 0.2) is 0 Å². The lowest BCUT2D eigenvalue weighted by molar-refractivity contribution is 0.282. The Morgan fingerprint density at radius 2 is 2.05 bits per heavy atom. The Bertz CT molecular complexity index is 587. The number of hydrogen-bond donors (Lipinski definition) is 4. The summed E-state index contributed by atoms with van der Waals surface area (Å²) in [6, 6.07) is 3.58. The number of nitrogens with two attached hydrogens (primary N) is 1. The van der Waals surface area contributed by atoms with E-state index < -0.39 is 0 Å². The molecule has 0 aliphatic heterocycles. The minimum atomic E-state index is -0.197. The third-order valence-electron chi connectivity index (χ3n) is 2.93. The van der Waals surface area contributed by atoms with Crippen molar-refractivity contribution in [3.05, 3.63) is 35.7 Å². The van der Waals surface area contributed by atoms with Gasteiger partial charge in [-0.25, -0.2) is 9.97 Å². The fraction of sp³-hybridized carbons (Fsp3) is 0.231. The number of nitrogens with one attached hydrogen (secondary N) is 1. The molecular weight excluding hydrogens is 244 g/mol. The highest BCUT2D eigenvalue weighted by molar-refractivity contribution is 5.72. The molecule has 2 heterocycles. The number of pyridine rings is 2. The van der Waals surface area contributed by atoms with Crippen molar-refractivity contribution in [2.75, 3.05) is 18.1 Å². The van der Waals surface area contributed by atoms with E-state index in [0.29, 0.717) is 22.8 Å². The molecule has 19 heavy (non-hydrogen) atoms. The van der Waals surface area contributed by atoms with E-state index >= 15 is 0 Å². The Balaban J connectivity index is 2.56. The van der Waals surface area contributed by atoms with Crippen LogP contribution in [0, 0.1) is 0 Å². The van der Waals surface area contributed by atoms with Crippen molar-refractivity contribution in [3.63, 3.8) is 0 Å². The van der Waals surface area contributed by atoms with Gasteiger partial charge in [-0.1, -0.05) is 0 Å². The van der Waals surface area contributed by atoms with E-state index in [2.05, 4.69) is 15.3 Å². The van der Waals surface area contributed by atoms with Crippen LogP contribution in [0.25, 0.3) is 11.1 Å². The van der Waals surface area contributed by atoms with E-state index in [-0.39, 0.29) is 13.2 Å². The van der Waals surface area contributed by atoms with Gasteiger partial charge in [0.25, 0.3) is 0 Å². The van der Waals surface area contributed by atoms with Gasteiger partial charge >= 0.3 is 0 Å². The van der Waals surface area contributed by atoms with E-state index in [1.165, 1.54) is 0 Å². The average Bonchev–Trinajstić information content (AvgIpc) is 2.46. The molecule has 100 valence electrons. The van der Waals surface area contributed by atoms with E-state index in [1.807, 2.05) is 6.07 Å². The molecule has 0 aromatic carbocycles. The van der Waals surface area contributed by atoms with Crippen LogP contribution >= 0.6 is 0 Å². The highest BCUT2D eigenvalue weighted by Crippen LogP contribution is 2.28. The molecule has 2 aromatic rings. The van der Waals surface area contributed by atoms with Crippen LogP contribution in [0.2, 0.25) is 0 Å². The van der Waals surface area contributed by atoms with E-state index in [1.54, 1.807) is 25.5 Å². The van der Waals surface area contributed by atoms with Gasteiger partial charge in [0.05, 0.1) is 13.2 Å². The van der Waals surface area contributed by atoms with Crippen LogP contribution < -0.4 is 11.1 Å². The molecule has 6 heteroatoms. The summed E-state index contributed by atoms with van der Waals surface area (Å²) in [6.07, 6.45) is 3.24. The number of anilines is 2. The second kappa shape index (κ2) is 5.64. The number of aromatic nitrogens is 2. The standard InChI is InChI=1S/C13H16N4O2/c1-15-13-9(6-18)4-8(5-17-13)10-2-3-16-12(14)11(10)7-19/h2-5,18-19H,6-7H2,1H3,(H2,14,16)(H,15,17). The number of nitrogens with zero attached hydrogens (tertiary/aromatic N) is 2. The van der Waals surface area contributed by atoms with Crippen molar-refractivity contribution >= 4 is 11.6 Å². The van der Waals surface area contributed by atoms with Gasteiger partial charge in [0, 0.05) is 36.1 Å². The zero-order valence-corrected chi connectivity index (χ0v) is 10.6. The van der Waals surface area contributed by atoms with Crippen molar-refractivity contribution in [1.82, 2.24) is 9.97 Å². The van der Waals surface area contributed by atoms with Gasteiger partial charge in [-0.15, -0.1) is 0 Å². The fourth-order valence-corrected chi connectivity index (χ4v) is 1.95. The molecule has 0 spiro atoms. The van der Waals surface area contributed by atoms with Crippen LogP contribution in [0.5, 0.6) is 0 Å². The maximum atomic E-state index is 9.39. The lowest BCUT2D eigenvalue weighted by atomic mass is 10.0. The smallest absolute Gasteiger partial charge is 0.131 e. The second-order valence-electron chi connectivity index (χ2n) is 4.02. The van der Waals surface area contributed by atoms with Crippen molar-refractivity contribution in [2.45, 2.75) is 13.2 Å². The van der Waals surface area contributed by atoms with Gasteiger partial charge in [0.1, 0.15) is 11.6 Å². The van der Waals surface area contributed by atoms with Gasteiger partial charge < -0.3 is 21.3 Å². The summed E-state index contributed by atoms with van der Waals surface area (Å²) >= 11 is 0. The summed E-state index contributed by atoms with van der Waals surface area (Å²) in [5.74, 6) is 0.919. The summed E-state index contributed by atoms with van der Waals surface area (Å²) in [7, 11) is 1.74. The zero-order chi connectivity index (χ0) is 13.8. The fourth-order valence-electron chi connectivity index (χ4n) is 1.95. The number of nitrogen functional groups attached to an aromatic ring is 1. The Kier molecular flexibility index (Phi) is 3.94. The minimum Gasteiger partial charge on any atom is -0.392 e. The van der Waals surface area contributed by atoms with Crippen molar-refractivity contribution in [3.8, 4) is 11.1 Å². The number of hydrogen-bond acceptors (Lipinski definition) is 6. The quantitative estimate of drug-likeness (QED) is 0.646. The SMILES string of the molecule is CNc1ncc(-c2ccnc(N)c2CO)cc1CO. The van der Waals surface area contributed by atoms with E-state index in [9.17, 15) is 10.2 Å². The molecule has 2 rings (SSSR count). The highest BCUT2D eigenvalue weighted by Gasteiger charge is 2.11. The van der Waals surface area contributed by atoms with Gasteiger partial charge in [-0.05, 0) is 17.7 Å². The molecule has 0 unspecified atom stereocenters. The van der Waals surface area contributed by atoms with Crippen LogP contribution in [-0.4, -0.2) is 27.2 Å².